The van der Waals surface area contributed by atoms with E-state index in [1.54, 1.807) is 6.08 Å². The van der Waals surface area contributed by atoms with Gasteiger partial charge in [0.05, 0.1) is 5.75 Å². The van der Waals surface area contributed by atoms with Crippen molar-refractivity contribution in [3.05, 3.63) is 46.9 Å². The Kier molecular flexibility index (Phi) is 2.65. The SMILES string of the molecule is CCc1ccc(C2C=CS(=O)(=O)C2)cc1. The average Bonchev–Trinajstić information content (AvgIpc) is 2.59. The van der Waals surface area contributed by atoms with Gasteiger partial charge >= 0.3 is 0 Å². The van der Waals surface area contributed by atoms with E-state index < -0.39 is 9.84 Å². The molecule has 0 aliphatic carbocycles. The molecular formula is C12H14O2S. The van der Waals surface area contributed by atoms with E-state index in [0.717, 1.165) is 12.0 Å². The molecule has 80 valence electrons. The number of hydrogen-bond donors (Lipinski definition) is 0. The van der Waals surface area contributed by atoms with Gasteiger partial charge in [-0.1, -0.05) is 37.3 Å². The Morgan fingerprint density at radius 3 is 2.40 bits per heavy atom. The minimum absolute atomic E-state index is 0.0425. The highest BCUT2D eigenvalue weighted by Gasteiger charge is 2.22. The third kappa shape index (κ3) is 2.29. The van der Waals surface area contributed by atoms with Crippen LogP contribution in [0.5, 0.6) is 0 Å². The van der Waals surface area contributed by atoms with Crippen molar-refractivity contribution in [2.24, 2.45) is 0 Å². The van der Waals surface area contributed by atoms with Gasteiger partial charge in [0, 0.05) is 11.3 Å². The van der Waals surface area contributed by atoms with E-state index in [4.69, 9.17) is 0 Å². The average molecular weight is 222 g/mol. The van der Waals surface area contributed by atoms with Crippen LogP contribution in [0.1, 0.15) is 24.0 Å². The third-order valence-electron chi connectivity index (χ3n) is 2.75. The number of allylic oxidation sites excluding steroid dienone is 1. The summed E-state index contributed by atoms with van der Waals surface area (Å²) in [5, 5.41) is 1.32. The fourth-order valence-corrected chi connectivity index (χ4v) is 3.13. The molecule has 0 radical (unpaired) electrons. The maximum Gasteiger partial charge on any atom is 0.172 e. The lowest BCUT2D eigenvalue weighted by Crippen LogP contribution is -2.03. The van der Waals surface area contributed by atoms with Crippen LogP contribution >= 0.6 is 0 Å². The Morgan fingerprint density at radius 1 is 1.27 bits per heavy atom. The van der Waals surface area contributed by atoms with Gasteiger partial charge in [-0.25, -0.2) is 8.42 Å². The van der Waals surface area contributed by atoms with Gasteiger partial charge in [-0.2, -0.15) is 0 Å². The first-order chi connectivity index (χ1) is 7.11. The Labute approximate surface area is 90.6 Å². The summed E-state index contributed by atoms with van der Waals surface area (Å²) in [4.78, 5) is 0. The van der Waals surface area contributed by atoms with E-state index in [2.05, 4.69) is 19.1 Å². The number of sulfone groups is 1. The van der Waals surface area contributed by atoms with Crippen LogP contribution in [0.3, 0.4) is 0 Å². The van der Waals surface area contributed by atoms with Crippen LogP contribution in [-0.2, 0) is 16.3 Å². The van der Waals surface area contributed by atoms with Crippen LogP contribution < -0.4 is 0 Å². The zero-order valence-corrected chi connectivity index (χ0v) is 9.50. The van der Waals surface area contributed by atoms with Gasteiger partial charge in [-0.3, -0.25) is 0 Å². The standard InChI is InChI=1S/C12H14O2S/c1-2-10-3-5-11(6-4-10)12-7-8-15(13,14)9-12/h3-8,12H,2,9H2,1H3. The molecule has 2 rings (SSSR count). The van der Waals surface area contributed by atoms with Crippen LogP contribution in [0.25, 0.3) is 0 Å². The summed E-state index contributed by atoms with van der Waals surface area (Å²) in [7, 11) is -2.94. The Balaban J connectivity index is 2.22. The van der Waals surface area contributed by atoms with E-state index in [1.165, 1.54) is 11.0 Å². The van der Waals surface area contributed by atoms with Gasteiger partial charge in [0.15, 0.2) is 9.84 Å². The molecule has 1 unspecified atom stereocenters. The predicted octanol–water partition coefficient (Wildman–Crippen LogP) is 2.27. The molecule has 1 aliphatic heterocycles. The second kappa shape index (κ2) is 3.81. The van der Waals surface area contributed by atoms with Crippen molar-refractivity contribution in [1.82, 2.24) is 0 Å². The zero-order valence-electron chi connectivity index (χ0n) is 8.68. The van der Waals surface area contributed by atoms with E-state index in [-0.39, 0.29) is 11.7 Å². The molecule has 1 aliphatic rings. The van der Waals surface area contributed by atoms with Crippen LogP contribution in [0.15, 0.2) is 35.7 Å². The minimum Gasteiger partial charge on any atom is -0.224 e. The summed E-state index contributed by atoms with van der Waals surface area (Å²) in [5.41, 5.74) is 2.37. The molecule has 1 aromatic carbocycles. The lowest BCUT2D eigenvalue weighted by atomic mass is 9.99. The molecule has 15 heavy (non-hydrogen) atoms. The van der Waals surface area contributed by atoms with Crippen LogP contribution in [0.4, 0.5) is 0 Å². The van der Waals surface area contributed by atoms with Gasteiger partial charge in [0.25, 0.3) is 0 Å². The molecule has 3 heteroatoms. The van der Waals surface area contributed by atoms with Gasteiger partial charge < -0.3 is 0 Å². The topological polar surface area (TPSA) is 34.1 Å². The lowest BCUT2D eigenvalue weighted by Gasteiger charge is -2.07. The van der Waals surface area contributed by atoms with Crippen molar-refractivity contribution in [2.75, 3.05) is 5.75 Å². The Bertz CT molecular complexity index is 469. The molecule has 1 aromatic rings. The van der Waals surface area contributed by atoms with Crippen molar-refractivity contribution in [3.63, 3.8) is 0 Å². The smallest absolute Gasteiger partial charge is 0.172 e. The zero-order chi connectivity index (χ0) is 10.9. The third-order valence-corrected chi connectivity index (χ3v) is 4.14. The van der Waals surface area contributed by atoms with Crippen LogP contribution in [-0.4, -0.2) is 14.2 Å². The number of hydrogen-bond acceptors (Lipinski definition) is 2. The summed E-state index contributed by atoms with van der Waals surface area (Å²) in [6.45, 7) is 2.11. The molecule has 0 saturated carbocycles. The molecule has 0 bridgehead atoms. The molecule has 0 spiro atoms. The van der Waals surface area contributed by atoms with Crippen molar-refractivity contribution in [1.29, 1.82) is 0 Å². The molecule has 0 amide bonds. The van der Waals surface area contributed by atoms with E-state index in [0.29, 0.717) is 0 Å². The highest BCUT2D eigenvalue weighted by Crippen LogP contribution is 2.26. The molecule has 1 heterocycles. The second-order valence-corrected chi connectivity index (χ2v) is 5.79. The molecule has 0 fully saturated rings. The summed E-state index contributed by atoms with van der Waals surface area (Å²) < 4.78 is 22.5. The number of aryl methyl sites for hydroxylation is 1. The van der Waals surface area contributed by atoms with Gasteiger partial charge in [-0.15, -0.1) is 0 Å². The van der Waals surface area contributed by atoms with Gasteiger partial charge in [0.1, 0.15) is 0 Å². The van der Waals surface area contributed by atoms with Crippen LogP contribution in [0.2, 0.25) is 0 Å². The predicted molar refractivity (Wildman–Crippen MR) is 61.5 cm³/mol. The van der Waals surface area contributed by atoms with E-state index in [9.17, 15) is 8.42 Å². The van der Waals surface area contributed by atoms with Crippen molar-refractivity contribution in [3.8, 4) is 0 Å². The summed E-state index contributed by atoms with van der Waals surface area (Å²) in [6, 6.07) is 8.17. The van der Waals surface area contributed by atoms with Crippen molar-refractivity contribution < 1.29 is 8.42 Å². The van der Waals surface area contributed by atoms with Crippen molar-refractivity contribution >= 4 is 9.84 Å². The second-order valence-electron chi connectivity index (χ2n) is 3.86. The van der Waals surface area contributed by atoms with Gasteiger partial charge in [-0.05, 0) is 17.5 Å². The maximum absolute atomic E-state index is 11.3. The summed E-state index contributed by atoms with van der Waals surface area (Å²) >= 11 is 0. The highest BCUT2D eigenvalue weighted by atomic mass is 32.2. The Hall–Kier alpha value is -1.09. The molecule has 2 nitrogen and oxygen atoms in total. The largest absolute Gasteiger partial charge is 0.224 e. The molecule has 1 atom stereocenters. The summed E-state index contributed by atoms with van der Waals surface area (Å²) in [6.07, 6.45) is 2.79. The maximum atomic E-state index is 11.3. The first-order valence-corrected chi connectivity index (χ1v) is 6.82. The molecule has 0 aromatic heterocycles. The van der Waals surface area contributed by atoms with E-state index in [1.807, 2.05) is 12.1 Å². The monoisotopic (exact) mass is 222 g/mol. The number of benzene rings is 1. The summed E-state index contributed by atoms with van der Waals surface area (Å²) in [5.74, 6) is 0.263. The van der Waals surface area contributed by atoms with E-state index >= 15 is 0 Å². The fraction of sp³-hybridized carbons (Fsp3) is 0.333. The minimum atomic E-state index is -2.94. The Morgan fingerprint density at radius 2 is 1.93 bits per heavy atom. The molecular weight excluding hydrogens is 208 g/mol. The quantitative estimate of drug-likeness (QED) is 0.769. The van der Waals surface area contributed by atoms with Gasteiger partial charge in [0.2, 0.25) is 0 Å². The first kappa shape index (κ1) is 10.4. The first-order valence-electron chi connectivity index (χ1n) is 5.10. The fourth-order valence-electron chi connectivity index (χ4n) is 1.78. The van der Waals surface area contributed by atoms with Crippen molar-refractivity contribution in [2.45, 2.75) is 19.3 Å². The molecule has 0 saturated heterocycles. The normalized spacial score (nSPS) is 23.1. The highest BCUT2D eigenvalue weighted by molar-refractivity contribution is 7.94. The lowest BCUT2D eigenvalue weighted by molar-refractivity contribution is 0.604. The van der Waals surface area contributed by atoms with Crippen LogP contribution in [0, 0.1) is 0 Å². The number of rotatable bonds is 2. The molecule has 0 N–H and O–H groups in total.